The molecule has 3 nitrogen and oxygen atoms in total. The molecule has 2 aliphatic carbocycles. The first kappa shape index (κ1) is 29.1. The number of hydrogen-bond acceptors (Lipinski definition) is 4. The Morgan fingerprint density at radius 2 is 1.55 bits per heavy atom. The van der Waals surface area contributed by atoms with Gasteiger partial charge in [-0.1, -0.05) is 67.4 Å². The molecule has 3 unspecified atom stereocenters. The van der Waals surface area contributed by atoms with Gasteiger partial charge in [-0.25, -0.2) is 0 Å². The molecule has 47 heavy (non-hydrogen) atoms. The maximum Gasteiger partial charge on any atom is 0.416 e. The van der Waals surface area contributed by atoms with Crippen LogP contribution in [0.3, 0.4) is 0 Å². The number of ether oxygens (including phenoxy) is 2. The van der Waals surface area contributed by atoms with Gasteiger partial charge < -0.3 is 14.4 Å². The van der Waals surface area contributed by atoms with Crippen molar-refractivity contribution >= 4 is 33.9 Å². The largest absolute Gasteiger partial charge is 0.472 e. The molecule has 1 saturated carbocycles. The molecule has 4 aliphatic rings. The Bertz CT molecular complexity index is 2010. The van der Waals surface area contributed by atoms with Crippen molar-refractivity contribution in [2.45, 2.75) is 49.3 Å². The lowest BCUT2D eigenvalue weighted by Crippen LogP contribution is -2.37. The number of fused-ring (bicyclic) bond motifs is 11. The van der Waals surface area contributed by atoms with Crippen molar-refractivity contribution < 1.29 is 22.6 Å². The van der Waals surface area contributed by atoms with Crippen molar-refractivity contribution in [1.29, 1.82) is 0 Å². The van der Waals surface area contributed by atoms with Crippen molar-refractivity contribution in [3.05, 3.63) is 124 Å². The minimum absolute atomic E-state index is 0.298. The summed E-state index contributed by atoms with van der Waals surface area (Å²) in [4.78, 5) is 3.51. The zero-order valence-corrected chi connectivity index (χ0v) is 26.7. The van der Waals surface area contributed by atoms with Gasteiger partial charge in [-0.2, -0.15) is 13.2 Å². The van der Waals surface area contributed by atoms with Crippen molar-refractivity contribution in [1.82, 2.24) is 0 Å². The first-order valence-electron chi connectivity index (χ1n) is 16.6. The van der Waals surface area contributed by atoms with Gasteiger partial charge in [0, 0.05) is 51.3 Å². The molecule has 0 radical (unpaired) electrons. The van der Waals surface area contributed by atoms with Gasteiger partial charge >= 0.3 is 6.18 Å². The van der Waals surface area contributed by atoms with Gasteiger partial charge in [0.2, 0.25) is 0 Å². The molecule has 0 N–H and O–H groups in total. The summed E-state index contributed by atoms with van der Waals surface area (Å²) in [6.45, 7) is 3.06. The van der Waals surface area contributed by atoms with Gasteiger partial charge in [0.15, 0.2) is 5.60 Å². The lowest BCUT2D eigenvalue weighted by molar-refractivity contribution is -0.137. The molecule has 2 fully saturated rings. The minimum atomic E-state index is -4.48. The second-order valence-electron chi connectivity index (χ2n) is 13.2. The molecule has 238 valence electrons. The van der Waals surface area contributed by atoms with E-state index in [2.05, 4.69) is 52.8 Å². The molecule has 0 amide bonds. The Labute approximate surface area is 276 Å². The van der Waals surface area contributed by atoms with Crippen LogP contribution in [-0.4, -0.2) is 26.3 Å². The van der Waals surface area contributed by atoms with E-state index in [1.165, 1.54) is 34.6 Å². The minimum Gasteiger partial charge on any atom is -0.472 e. The smallest absolute Gasteiger partial charge is 0.416 e. The molecule has 7 heteroatoms. The zero-order chi connectivity index (χ0) is 31.8. The van der Waals surface area contributed by atoms with Gasteiger partial charge in [0.25, 0.3) is 0 Å². The molecule has 0 bridgehead atoms. The number of nitrogens with zero attached hydrogens (tertiary/aromatic N) is 1. The monoisotopic (exact) mass is 649 g/mol. The van der Waals surface area contributed by atoms with Crippen LogP contribution in [0.15, 0.2) is 90.3 Å². The van der Waals surface area contributed by atoms with Crippen LogP contribution in [0, 0.1) is 0 Å². The predicted octanol–water partition coefficient (Wildman–Crippen LogP) is 10.5. The highest BCUT2D eigenvalue weighted by Gasteiger charge is 2.44. The SMILES string of the molecule is FC(F)(F)c1ccc2c3c(c4c(c2c1)OC(c1ccccc1)(c1ccc(N2CCOCC2)cc1)C=C4)C1CCCCC1c1ccsc1-3. The predicted molar refractivity (Wildman–Crippen MR) is 183 cm³/mol. The summed E-state index contributed by atoms with van der Waals surface area (Å²) in [7, 11) is 0. The van der Waals surface area contributed by atoms with Crippen molar-refractivity contribution in [2.75, 3.05) is 31.2 Å². The Hall–Kier alpha value is -4.07. The number of benzene rings is 4. The molecule has 1 aromatic heterocycles. The van der Waals surface area contributed by atoms with E-state index in [4.69, 9.17) is 9.47 Å². The normalized spacial score (nSPS) is 23.4. The zero-order valence-electron chi connectivity index (χ0n) is 25.9. The van der Waals surface area contributed by atoms with Gasteiger partial charge in [-0.3, -0.25) is 0 Å². The van der Waals surface area contributed by atoms with Crippen molar-refractivity contribution in [2.24, 2.45) is 0 Å². The van der Waals surface area contributed by atoms with E-state index in [0.29, 0.717) is 36.2 Å². The Kier molecular flexibility index (Phi) is 6.81. The van der Waals surface area contributed by atoms with E-state index >= 15 is 0 Å². The van der Waals surface area contributed by atoms with Crippen LogP contribution in [0.2, 0.25) is 0 Å². The lowest BCUT2D eigenvalue weighted by atomic mass is 9.65. The number of rotatable bonds is 3. The number of morpholine rings is 1. The van der Waals surface area contributed by atoms with Gasteiger partial charge in [-0.05, 0) is 83.0 Å². The maximum absolute atomic E-state index is 14.3. The quantitative estimate of drug-likeness (QED) is 0.194. The maximum atomic E-state index is 14.3. The third-order valence-electron chi connectivity index (χ3n) is 10.7. The fraction of sp³-hybridized carbons (Fsp3) is 0.300. The van der Waals surface area contributed by atoms with Crippen LogP contribution in [0.1, 0.15) is 70.9 Å². The first-order chi connectivity index (χ1) is 22.9. The van der Waals surface area contributed by atoms with Crippen LogP contribution >= 0.6 is 11.3 Å². The number of alkyl halides is 3. The highest BCUT2D eigenvalue weighted by Crippen LogP contribution is 2.61. The summed E-state index contributed by atoms with van der Waals surface area (Å²) in [5.41, 5.74) is 5.90. The lowest BCUT2D eigenvalue weighted by Gasteiger charge is -2.42. The summed E-state index contributed by atoms with van der Waals surface area (Å²) >= 11 is 1.71. The second-order valence-corrected chi connectivity index (χ2v) is 14.1. The van der Waals surface area contributed by atoms with Gasteiger partial charge in [0.1, 0.15) is 5.75 Å². The van der Waals surface area contributed by atoms with Crippen LogP contribution in [0.5, 0.6) is 5.75 Å². The Balaban J connectivity index is 1.29. The molecular formula is C40H34F3NO2S. The summed E-state index contributed by atoms with van der Waals surface area (Å²) in [6.07, 6.45) is 4.35. The third kappa shape index (κ3) is 4.57. The van der Waals surface area contributed by atoms with Gasteiger partial charge in [0.05, 0.1) is 18.8 Å². The summed E-state index contributed by atoms with van der Waals surface area (Å²) in [5, 5.41) is 3.49. The molecule has 3 atom stereocenters. The summed E-state index contributed by atoms with van der Waals surface area (Å²) in [6, 6.07) is 25.0. The topological polar surface area (TPSA) is 21.7 Å². The fourth-order valence-electron chi connectivity index (χ4n) is 8.54. The van der Waals surface area contributed by atoms with Crippen LogP contribution in [0.25, 0.3) is 27.3 Å². The average Bonchev–Trinajstić information content (AvgIpc) is 3.62. The number of halogens is 3. The Morgan fingerprint density at radius 1 is 0.809 bits per heavy atom. The summed E-state index contributed by atoms with van der Waals surface area (Å²) < 4.78 is 55.8. The van der Waals surface area contributed by atoms with Crippen LogP contribution in [0.4, 0.5) is 18.9 Å². The molecule has 5 aromatic rings. The van der Waals surface area contributed by atoms with Crippen molar-refractivity contribution in [3.8, 4) is 16.2 Å². The molecular weight excluding hydrogens is 616 g/mol. The number of hydrogen-bond donors (Lipinski definition) is 0. The van der Waals surface area contributed by atoms with Gasteiger partial charge in [-0.15, -0.1) is 11.3 Å². The van der Waals surface area contributed by atoms with Crippen LogP contribution < -0.4 is 9.64 Å². The van der Waals surface area contributed by atoms with E-state index in [0.717, 1.165) is 65.7 Å². The molecule has 3 heterocycles. The molecule has 0 spiro atoms. The second kappa shape index (κ2) is 11.0. The molecule has 2 aliphatic heterocycles. The number of thiophene rings is 1. The van der Waals surface area contributed by atoms with E-state index in [1.54, 1.807) is 17.4 Å². The third-order valence-corrected chi connectivity index (χ3v) is 11.7. The van der Waals surface area contributed by atoms with Crippen molar-refractivity contribution in [3.63, 3.8) is 0 Å². The molecule has 9 rings (SSSR count). The average molecular weight is 650 g/mol. The molecule has 4 aromatic carbocycles. The van der Waals surface area contributed by atoms with E-state index in [9.17, 15) is 13.2 Å². The van der Waals surface area contributed by atoms with E-state index < -0.39 is 17.3 Å². The fourth-order valence-corrected chi connectivity index (χ4v) is 9.59. The standard InChI is InChI=1S/C40H34F3NO2S/c41-40(42,43)27-12-15-31-34(24-27)37-33(35-30-9-5-4-8-29(30)32-17-23-47-38(32)36(31)35)16-18-39(46-37,25-6-2-1-3-7-25)26-10-13-28(14-11-26)44-19-21-45-22-20-44/h1-3,6-7,10-18,23-24,29-30H,4-5,8-9,19-22H2. The van der Waals surface area contributed by atoms with E-state index in [-0.39, 0.29) is 0 Å². The summed E-state index contributed by atoms with van der Waals surface area (Å²) in [5.74, 6) is 1.25. The first-order valence-corrected chi connectivity index (χ1v) is 17.5. The Morgan fingerprint density at radius 3 is 2.32 bits per heavy atom. The van der Waals surface area contributed by atoms with E-state index in [1.807, 2.05) is 30.3 Å². The van der Waals surface area contributed by atoms with Crippen LogP contribution in [-0.2, 0) is 16.5 Å². The molecule has 1 saturated heterocycles. The highest BCUT2D eigenvalue weighted by molar-refractivity contribution is 7.14. The highest BCUT2D eigenvalue weighted by atomic mass is 32.1. The number of anilines is 1.